The summed E-state index contributed by atoms with van der Waals surface area (Å²) in [6.07, 6.45) is -0.625. The molecule has 4 heteroatoms. The monoisotopic (exact) mass is 273 g/mol. The average Bonchev–Trinajstić information content (AvgIpc) is 2.34. The third kappa shape index (κ3) is 6.05. The minimum absolute atomic E-state index is 0.361. The van der Waals surface area contributed by atoms with Crippen LogP contribution in [0.25, 0.3) is 0 Å². The zero-order chi connectivity index (χ0) is 15.2. The van der Waals surface area contributed by atoms with Crippen molar-refractivity contribution in [2.75, 3.05) is 0 Å². The molecular weight excluding hydrogens is 254 g/mol. The number of alkyl carbamates (subject to hydrolysis) is 1. The van der Waals surface area contributed by atoms with Crippen molar-refractivity contribution in [2.45, 2.75) is 39.3 Å². The minimum atomic E-state index is -0.707. The largest absolute Gasteiger partial charge is 0.444 e. The zero-order valence-corrected chi connectivity index (χ0v) is 12.2. The molecule has 0 bridgehead atoms. The van der Waals surface area contributed by atoms with Crippen LogP contribution in [0.1, 0.15) is 33.3 Å². The van der Waals surface area contributed by atoms with E-state index in [2.05, 4.69) is 17.2 Å². The minimum Gasteiger partial charge on any atom is -0.444 e. The van der Waals surface area contributed by atoms with Gasteiger partial charge in [0, 0.05) is 5.56 Å². The first-order valence-corrected chi connectivity index (χ1v) is 6.38. The highest BCUT2D eigenvalue weighted by Crippen LogP contribution is 2.06. The van der Waals surface area contributed by atoms with E-state index in [9.17, 15) is 9.59 Å². The number of hydrogen-bond donors (Lipinski definition) is 1. The molecule has 0 radical (unpaired) electrons. The van der Waals surface area contributed by atoms with Gasteiger partial charge in [0.1, 0.15) is 11.6 Å². The molecule has 1 aromatic rings. The molecule has 0 saturated carbocycles. The molecule has 1 N–H and O–H groups in total. The quantitative estimate of drug-likeness (QED) is 0.842. The van der Waals surface area contributed by atoms with Gasteiger partial charge >= 0.3 is 6.09 Å². The molecule has 4 nitrogen and oxygen atoms in total. The Hall–Kier alpha value is -2.28. The van der Waals surface area contributed by atoms with Crippen molar-refractivity contribution in [1.29, 1.82) is 0 Å². The third-order valence-corrected chi connectivity index (χ3v) is 2.23. The lowest BCUT2D eigenvalue weighted by Gasteiger charge is -2.20. The van der Waals surface area contributed by atoms with Gasteiger partial charge in [-0.1, -0.05) is 24.1 Å². The molecule has 1 aromatic carbocycles. The maximum atomic E-state index is 11.8. The molecule has 1 rings (SSSR count). The Morgan fingerprint density at radius 2 is 1.80 bits per heavy atom. The smallest absolute Gasteiger partial charge is 0.408 e. The summed E-state index contributed by atoms with van der Waals surface area (Å²) < 4.78 is 5.07. The normalized spacial score (nSPS) is 11.8. The summed E-state index contributed by atoms with van der Waals surface area (Å²) in [6.45, 7) is 6.85. The fraction of sp³-hybridized carbons (Fsp3) is 0.375. The van der Waals surface area contributed by atoms with Gasteiger partial charge < -0.3 is 10.1 Å². The van der Waals surface area contributed by atoms with Crippen molar-refractivity contribution in [3.63, 3.8) is 0 Å². The molecule has 0 aromatic heterocycles. The average molecular weight is 273 g/mol. The Morgan fingerprint density at radius 1 is 1.20 bits per heavy atom. The van der Waals surface area contributed by atoms with Crippen LogP contribution in [0.5, 0.6) is 0 Å². The van der Waals surface area contributed by atoms with Gasteiger partial charge in [-0.3, -0.25) is 4.79 Å². The Labute approximate surface area is 119 Å². The Balaban J connectivity index is 2.56. The van der Waals surface area contributed by atoms with Crippen molar-refractivity contribution >= 4 is 11.9 Å². The summed E-state index contributed by atoms with van der Waals surface area (Å²) in [6, 6.07) is 8.48. The van der Waals surface area contributed by atoms with E-state index >= 15 is 0 Å². The van der Waals surface area contributed by atoms with E-state index in [-0.39, 0.29) is 5.78 Å². The standard InChI is InChI=1S/C16H19NO3/c1-12(17-15(19)20-16(2,3)4)14(18)11-10-13-8-6-5-7-9-13/h5-9,12H,1-4H3,(H,17,19). The Kier molecular flexibility index (Phi) is 5.33. The lowest BCUT2D eigenvalue weighted by Crippen LogP contribution is -2.41. The van der Waals surface area contributed by atoms with Crippen molar-refractivity contribution in [3.8, 4) is 11.8 Å². The predicted molar refractivity (Wildman–Crippen MR) is 77.2 cm³/mol. The van der Waals surface area contributed by atoms with E-state index in [1.807, 2.05) is 30.3 Å². The maximum absolute atomic E-state index is 11.8. The summed E-state index contributed by atoms with van der Waals surface area (Å²) in [5.74, 6) is 4.90. The molecule has 0 aliphatic rings. The second-order valence-corrected chi connectivity index (χ2v) is 5.35. The Morgan fingerprint density at radius 3 is 2.35 bits per heavy atom. The Bertz CT molecular complexity index is 532. The van der Waals surface area contributed by atoms with Gasteiger partial charge in [-0.2, -0.15) is 0 Å². The molecule has 106 valence electrons. The van der Waals surface area contributed by atoms with Crippen LogP contribution in [0.3, 0.4) is 0 Å². The lowest BCUT2D eigenvalue weighted by molar-refractivity contribution is -0.115. The van der Waals surface area contributed by atoms with Crippen molar-refractivity contribution in [1.82, 2.24) is 5.32 Å². The summed E-state index contributed by atoms with van der Waals surface area (Å²) in [5.41, 5.74) is 0.160. The van der Waals surface area contributed by atoms with Gasteiger partial charge in [0.05, 0.1) is 0 Å². The molecule has 0 fully saturated rings. The van der Waals surface area contributed by atoms with Crippen LogP contribution in [0.15, 0.2) is 30.3 Å². The van der Waals surface area contributed by atoms with Crippen molar-refractivity contribution in [2.24, 2.45) is 0 Å². The number of carbonyl (C=O) groups excluding carboxylic acids is 2. The fourth-order valence-electron chi connectivity index (χ4n) is 1.31. The fourth-order valence-corrected chi connectivity index (χ4v) is 1.31. The lowest BCUT2D eigenvalue weighted by atomic mass is 10.2. The number of benzene rings is 1. The SMILES string of the molecule is CC(NC(=O)OC(C)(C)C)C(=O)C#Cc1ccccc1. The van der Waals surface area contributed by atoms with Crippen LogP contribution < -0.4 is 5.32 Å². The molecule has 0 heterocycles. The van der Waals surface area contributed by atoms with Crippen LogP contribution in [-0.2, 0) is 9.53 Å². The van der Waals surface area contributed by atoms with E-state index in [0.717, 1.165) is 5.56 Å². The van der Waals surface area contributed by atoms with Crippen molar-refractivity contribution < 1.29 is 14.3 Å². The van der Waals surface area contributed by atoms with E-state index < -0.39 is 17.7 Å². The topological polar surface area (TPSA) is 55.4 Å². The highest BCUT2D eigenvalue weighted by atomic mass is 16.6. The molecule has 1 amide bonds. The van der Waals surface area contributed by atoms with Crippen LogP contribution in [0, 0.1) is 11.8 Å². The van der Waals surface area contributed by atoms with Gasteiger partial charge in [-0.25, -0.2) is 4.79 Å². The first kappa shape index (κ1) is 15.8. The molecule has 20 heavy (non-hydrogen) atoms. The summed E-state index contributed by atoms with van der Waals surface area (Å²) in [7, 11) is 0. The van der Waals surface area contributed by atoms with E-state index in [1.54, 1.807) is 27.7 Å². The van der Waals surface area contributed by atoms with E-state index in [4.69, 9.17) is 4.74 Å². The summed E-state index contributed by atoms with van der Waals surface area (Å²) in [4.78, 5) is 23.3. The number of hydrogen-bond acceptors (Lipinski definition) is 3. The van der Waals surface area contributed by atoms with Gasteiger partial charge in [0.25, 0.3) is 0 Å². The van der Waals surface area contributed by atoms with Gasteiger partial charge in [-0.15, -0.1) is 0 Å². The van der Waals surface area contributed by atoms with E-state index in [1.165, 1.54) is 0 Å². The van der Waals surface area contributed by atoms with Crippen LogP contribution in [-0.4, -0.2) is 23.5 Å². The molecule has 0 aliphatic carbocycles. The molecule has 0 spiro atoms. The van der Waals surface area contributed by atoms with E-state index in [0.29, 0.717) is 0 Å². The number of ketones is 1. The van der Waals surface area contributed by atoms with Crippen molar-refractivity contribution in [3.05, 3.63) is 35.9 Å². The number of Topliss-reactive ketones (excluding diaryl/α,β-unsaturated/α-hetero) is 1. The number of amides is 1. The number of rotatable bonds is 2. The zero-order valence-electron chi connectivity index (χ0n) is 12.2. The second-order valence-electron chi connectivity index (χ2n) is 5.35. The van der Waals surface area contributed by atoms with Gasteiger partial charge in [0.2, 0.25) is 5.78 Å². The first-order valence-electron chi connectivity index (χ1n) is 6.38. The molecular formula is C16H19NO3. The third-order valence-electron chi connectivity index (χ3n) is 2.23. The molecule has 0 aliphatic heterocycles. The molecule has 1 unspecified atom stereocenters. The molecule has 0 saturated heterocycles. The number of nitrogens with one attached hydrogen (secondary N) is 1. The number of ether oxygens (including phenoxy) is 1. The number of carbonyl (C=O) groups is 2. The summed E-state index contributed by atoms with van der Waals surface area (Å²) >= 11 is 0. The second kappa shape index (κ2) is 6.76. The highest BCUT2D eigenvalue weighted by molar-refractivity contribution is 6.01. The van der Waals surface area contributed by atoms with Gasteiger partial charge in [0.15, 0.2) is 0 Å². The predicted octanol–water partition coefficient (Wildman–Crippen LogP) is 2.52. The molecule has 1 atom stereocenters. The van der Waals surface area contributed by atoms with Crippen LogP contribution in [0.2, 0.25) is 0 Å². The highest BCUT2D eigenvalue weighted by Gasteiger charge is 2.19. The van der Waals surface area contributed by atoms with Gasteiger partial charge in [-0.05, 0) is 45.7 Å². The maximum Gasteiger partial charge on any atom is 0.408 e. The summed E-state index contributed by atoms with van der Waals surface area (Å²) in [5, 5.41) is 2.46. The first-order chi connectivity index (χ1) is 9.28. The van der Waals surface area contributed by atoms with Crippen LogP contribution in [0.4, 0.5) is 4.79 Å². The van der Waals surface area contributed by atoms with Crippen LogP contribution >= 0.6 is 0 Å².